The van der Waals surface area contributed by atoms with E-state index in [0.717, 1.165) is 10.5 Å². The Kier molecular flexibility index (Phi) is 5.06. The van der Waals surface area contributed by atoms with Gasteiger partial charge in [-0.3, -0.25) is 14.2 Å². The Morgan fingerprint density at radius 3 is 2.73 bits per heavy atom. The van der Waals surface area contributed by atoms with Gasteiger partial charge in [0.15, 0.2) is 5.69 Å². The molecule has 0 atom stereocenters. The molecule has 0 radical (unpaired) electrons. The predicted octanol–water partition coefficient (Wildman–Crippen LogP) is 1.87. The summed E-state index contributed by atoms with van der Waals surface area (Å²) in [7, 11) is 0. The molecule has 8 heteroatoms. The van der Waals surface area contributed by atoms with Crippen molar-refractivity contribution >= 4 is 17.7 Å². The number of hydrogen-bond donors (Lipinski definition) is 2. The number of thioether (sulfide) groups is 1. The Morgan fingerprint density at radius 2 is 2.08 bits per heavy atom. The third-order valence-corrected chi connectivity index (χ3v) is 5.03. The molecule has 1 aliphatic rings. The maximum Gasteiger partial charge on any atom is 0.296 e. The number of nitrogens with one attached hydrogen (secondary N) is 1. The molecule has 0 spiro atoms. The molecule has 1 amide bonds. The predicted molar refractivity (Wildman–Crippen MR) is 98.5 cm³/mol. The number of rotatable bonds is 4. The van der Waals surface area contributed by atoms with E-state index in [4.69, 9.17) is 4.74 Å². The molecular formula is C18H21N3O4S. The topological polar surface area (TPSA) is 93.5 Å². The number of nitrogens with zero attached hydrogens (tertiary/aromatic N) is 2. The minimum Gasteiger partial charge on any atom is -0.501 e. The van der Waals surface area contributed by atoms with Crippen molar-refractivity contribution in [1.29, 1.82) is 0 Å². The lowest BCUT2D eigenvalue weighted by atomic mass is 10.1. The normalized spacial score (nSPS) is 15.3. The molecule has 1 aromatic heterocycles. The Labute approximate surface area is 155 Å². The molecule has 26 heavy (non-hydrogen) atoms. The average molecular weight is 375 g/mol. The third kappa shape index (κ3) is 3.47. The number of hydrogen-bond acceptors (Lipinski definition) is 6. The molecular weight excluding hydrogens is 354 g/mol. The van der Waals surface area contributed by atoms with Crippen molar-refractivity contribution in [3.05, 3.63) is 51.7 Å². The third-order valence-electron chi connectivity index (χ3n) is 4.29. The zero-order valence-electron chi connectivity index (χ0n) is 14.9. The van der Waals surface area contributed by atoms with Gasteiger partial charge in [-0.05, 0) is 37.8 Å². The van der Waals surface area contributed by atoms with E-state index in [2.05, 4.69) is 10.3 Å². The van der Waals surface area contributed by atoms with Crippen molar-refractivity contribution in [2.75, 3.05) is 12.9 Å². The summed E-state index contributed by atoms with van der Waals surface area (Å²) >= 11 is 1.64. The van der Waals surface area contributed by atoms with Gasteiger partial charge < -0.3 is 15.2 Å². The van der Waals surface area contributed by atoms with Crippen LogP contribution in [0.15, 0.2) is 34.0 Å². The summed E-state index contributed by atoms with van der Waals surface area (Å²) in [6.07, 6.45) is 1.99. The zero-order valence-corrected chi connectivity index (χ0v) is 15.7. The van der Waals surface area contributed by atoms with Crippen molar-refractivity contribution in [2.45, 2.75) is 37.4 Å². The first-order valence-corrected chi connectivity index (χ1v) is 9.45. The Balaban J connectivity index is 1.85. The summed E-state index contributed by atoms with van der Waals surface area (Å²) < 4.78 is 6.99. The number of carbonyl (C=O) groups is 1. The fraction of sp³-hybridized carbons (Fsp3) is 0.389. The van der Waals surface area contributed by atoms with E-state index in [1.54, 1.807) is 25.6 Å². The van der Waals surface area contributed by atoms with Crippen LogP contribution >= 0.6 is 11.8 Å². The fourth-order valence-electron chi connectivity index (χ4n) is 2.84. The zero-order chi connectivity index (χ0) is 18.9. The van der Waals surface area contributed by atoms with E-state index in [-0.39, 0.29) is 12.2 Å². The number of benzene rings is 1. The summed E-state index contributed by atoms with van der Waals surface area (Å²) in [5.74, 6) is -0.902. The standard InChI is InChI=1S/C18H21N3O4S/c1-18(2)17-20-13(14(22)16(24)21(17)8-9-25-18)15(23)19-10-11-4-6-12(26-3)7-5-11/h4-7,22H,8-10H2,1-3H3,(H,19,23). The summed E-state index contributed by atoms with van der Waals surface area (Å²) in [6, 6.07) is 7.76. The average Bonchev–Trinajstić information content (AvgIpc) is 2.63. The molecule has 1 aliphatic heterocycles. The van der Waals surface area contributed by atoms with Gasteiger partial charge in [0.05, 0.1) is 13.2 Å². The van der Waals surface area contributed by atoms with E-state index < -0.39 is 22.8 Å². The largest absolute Gasteiger partial charge is 0.501 e. The molecule has 0 unspecified atom stereocenters. The van der Waals surface area contributed by atoms with E-state index in [1.165, 1.54) is 4.57 Å². The van der Waals surface area contributed by atoms with Crippen LogP contribution < -0.4 is 10.9 Å². The molecule has 7 nitrogen and oxygen atoms in total. The molecule has 138 valence electrons. The van der Waals surface area contributed by atoms with Crippen molar-refractivity contribution in [3.63, 3.8) is 0 Å². The summed E-state index contributed by atoms with van der Waals surface area (Å²) in [5.41, 5.74) is -0.802. The van der Waals surface area contributed by atoms with Gasteiger partial charge in [-0.15, -0.1) is 11.8 Å². The number of aromatic hydroxyl groups is 1. The highest BCUT2D eigenvalue weighted by atomic mass is 32.2. The number of amides is 1. The van der Waals surface area contributed by atoms with Gasteiger partial charge in [-0.2, -0.15) is 0 Å². The van der Waals surface area contributed by atoms with E-state index in [9.17, 15) is 14.7 Å². The van der Waals surface area contributed by atoms with Crippen LogP contribution in [-0.4, -0.2) is 33.4 Å². The Morgan fingerprint density at radius 1 is 1.38 bits per heavy atom. The first kappa shape index (κ1) is 18.5. The molecule has 3 rings (SSSR count). The van der Waals surface area contributed by atoms with Crippen LogP contribution in [0.1, 0.15) is 35.7 Å². The molecule has 0 saturated carbocycles. The second-order valence-corrected chi connectivity index (χ2v) is 7.36. The van der Waals surface area contributed by atoms with Gasteiger partial charge in [0.1, 0.15) is 11.4 Å². The highest BCUT2D eigenvalue weighted by molar-refractivity contribution is 7.98. The highest BCUT2D eigenvalue weighted by Gasteiger charge is 2.34. The maximum absolute atomic E-state index is 12.5. The van der Waals surface area contributed by atoms with Crippen molar-refractivity contribution in [1.82, 2.24) is 14.9 Å². The SMILES string of the molecule is CSc1ccc(CNC(=O)c2nc3n(c(=O)c2O)CCOC3(C)C)cc1. The van der Waals surface area contributed by atoms with Gasteiger partial charge in [0, 0.05) is 11.4 Å². The molecule has 0 aliphatic carbocycles. The van der Waals surface area contributed by atoms with E-state index in [1.807, 2.05) is 30.5 Å². The number of ether oxygens (including phenoxy) is 1. The molecule has 2 N–H and O–H groups in total. The van der Waals surface area contributed by atoms with E-state index >= 15 is 0 Å². The van der Waals surface area contributed by atoms with Gasteiger partial charge in [0.25, 0.3) is 11.5 Å². The monoisotopic (exact) mass is 375 g/mol. The van der Waals surface area contributed by atoms with Gasteiger partial charge >= 0.3 is 0 Å². The summed E-state index contributed by atoms with van der Waals surface area (Å²) in [5, 5.41) is 12.9. The summed E-state index contributed by atoms with van der Waals surface area (Å²) in [4.78, 5) is 30.3. The first-order valence-electron chi connectivity index (χ1n) is 8.23. The lowest BCUT2D eigenvalue weighted by Gasteiger charge is -2.32. The lowest BCUT2D eigenvalue weighted by Crippen LogP contribution is -2.42. The molecule has 0 saturated heterocycles. The number of fused-ring (bicyclic) bond motifs is 1. The van der Waals surface area contributed by atoms with Crippen LogP contribution in [0.2, 0.25) is 0 Å². The summed E-state index contributed by atoms with van der Waals surface area (Å²) in [6.45, 7) is 4.46. The second kappa shape index (κ2) is 7.13. The molecule has 2 aromatic rings. The van der Waals surface area contributed by atoms with Gasteiger partial charge in [-0.25, -0.2) is 4.98 Å². The van der Waals surface area contributed by atoms with Crippen LogP contribution in [0, 0.1) is 0 Å². The van der Waals surface area contributed by atoms with Crippen molar-refractivity contribution in [2.24, 2.45) is 0 Å². The smallest absolute Gasteiger partial charge is 0.296 e. The van der Waals surface area contributed by atoms with Crippen LogP contribution in [-0.2, 0) is 23.4 Å². The van der Waals surface area contributed by atoms with Gasteiger partial charge in [-0.1, -0.05) is 12.1 Å². The molecule has 0 bridgehead atoms. The highest BCUT2D eigenvalue weighted by Crippen LogP contribution is 2.27. The first-order chi connectivity index (χ1) is 12.3. The number of aromatic nitrogens is 2. The minimum absolute atomic E-state index is 0.271. The van der Waals surface area contributed by atoms with Crippen LogP contribution in [0.4, 0.5) is 0 Å². The van der Waals surface area contributed by atoms with Crippen LogP contribution in [0.5, 0.6) is 5.75 Å². The molecule has 1 aromatic carbocycles. The van der Waals surface area contributed by atoms with Crippen molar-refractivity contribution < 1.29 is 14.6 Å². The molecule has 2 heterocycles. The van der Waals surface area contributed by atoms with Gasteiger partial charge in [0.2, 0.25) is 5.75 Å². The van der Waals surface area contributed by atoms with Crippen LogP contribution in [0.25, 0.3) is 0 Å². The fourth-order valence-corrected chi connectivity index (χ4v) is 3.24. The second-order valence-electron chi connectivity index (χ2n) is 6.48. The van der Waals surface area contributed by atoms with E-state index in [0.29, 0.717) is 19.0 Å². The lowest BCUT2D eigenvalue weighted by molar-refractivity contribution is -0.0566. The number of carbonyl (C=O) groups excluding carboxylic acids is 1. The minimum atomic E-state index is -0.812. The maximum atomic E-state index is 12.5. The molecule has 0 fully saturated rings. The quantitative estimate of drug-likeness (QED) is 0.793. The van der Waals surface area contributed by atoms with Crippen molar-refractivity contribution in [3.8, 4) is 5.75 Å². The Hall–Kier alpha value is -2.32. The van der Waals surface area contributed by atoms with Crippen LogP contribution in [0.3, 0.4) is 0 Å². The Bertz CT molecular complexity index is 891.